The molecule has 0 aliphatic carbocycles. The quantitative estimate of drug-likeness (QED) is 0.893. The van der Waals surface area contributed by atoms with Gasteiger partial charge >= 0.3 is 0 Å². The lowest BCUT2D eigenvalue weighted by Gasteiger charge is -2.08. The van der Waals surface area contributed by atoms with E-state index >= 15 is 0 Å². The van der Waals surface area contributed by atoms with E-state index in [4.69, 9.17) is 27.9 Å². The van der Waals surface area contributed by atoms with E-state index in [0.717, 1.165) is 15.7 Å². The first kappa shape index (κ1) is 15.2. The van der Waals surface area contributed by atoms with Crippen LogP contribution in [-0.4, -0.2) is 26.2 Å². The Labute approximate surface area is 132 Å². The third kappa shape index (κ3) is 3.29. The fourth-order valence-electron chi connectivity index (χ4n) is 1.60. The van der Waals surface area contributed by atoms with Crippen molar-refractivity contribution in [3.63, 3.8) is 0 Å². The van der Waals surface area contributed by atoms with Crippen molar-refractivity contribution in [1.29, 1.82) is 0 Å². The van der Waals surface area contributed by atoms with E-state index in [1.807, 2.05) is 31.1 Å². The number of methoxy groups -OCH3 is 1. The predicted molar refractivity (Wildman–Crippen MR) is 86.8 cm³/mol. The minimum Gasteiger partial charge on any atom is -0.480 e. The van der Waals surface area contributed by atoms with E-state index < -0.39 is 0 Å². The number of halogens is 2. The van der Waals surface area contributed by atoms with Gasteiger partial charge in [-0.25, -0.2) is 0 Å². The first-order valence-corrected chi connectivity index (χ1v) is 7.49. The number of benzene rings is 1. The summed E-state index contributed by atoms with van der Waals surface area (Å²) in [5.41, 5.74) is 0.793. The number of anilines is 2. The summed E-state index contributed by atoms with van der Waals surface area (Å²) in [5, 5.41) is 5.20. The highest BCUT2D eigenvalue weighted by Crippen LogP contribution is 2.33. The third-order valence-corrected chi connectivity index (χ3v) is 4.64. The first-order chi connectivity index (χ1) is 9.52. The summed E-state index contributed by atoms with van der Waals surface area (Å²) >= 11 is 13.7. The summed E-state index contributed by atoms with van der Waals surface area (Å²) in [6.07, 6.45) is 0. The van der Waals surface area contributed by atoms with Crippen molar-refractivity contribution in [2.45, 2.75) is 6.54 Å². The fraction of sp³-hybridized carbons (Fsp3) is 0.308. The monoisotopic (exact) mass is 331 g/mol. The Kier molecular flexibility index (Phi) is 4.96. The molecule has 0 aliphatic heterocycles. The molecule has 1 heterocycles. The van der Waals surface area contributed by atoms with Gasteiger partial charge in [0.25, 0.3) is 0 Å². The minimum absolute atomic E-state index is 0.519. The number of hydrogen-bond acceptors (Lipinski definition) is 5. The molecule has 1 aromatic heterocycles. The van der Waals surface area contributed by atoms with Crippen LogP contribution >= 0.6 is 34.5 Å². The molecule has 0 atom stereocenters. The Morgan fingerprint density at radius 2 is 2.10 bits per heavy atom. The zero-order valence-electron chi connectivity index (χ0n) is 11.4. The molecule has 0 aliphatic rings. The average Bonchev–Trinajstić information content (AvgIpc) is 2.84. The van der Waals surface area contributed by atoms with E-state index in [1.54, 1.807) is 24.5 Å². The van der Waals surface area contributed by atoms with Crippen LogP contribution in [0.25, 0.3) is 0 Å². The molecule has 1 N–H and O–H groups in total. The molecule has 2 rings (SSSR count). The lowest BCUT2D eigenvalue weighted by Crippen LogP contribution is -2.07. The smallest absolute Gasteiger partial charge is 0.231 e. The number of aromatic nitrogens is 1. The van der Waals surface area contributed by atoms with Crippen LogP contribution in [0.2, 0.25) is 10.0 Å². The summed E-state index contributed by atoms with van der Waals surface area (Å²) in [5.74, 6) is 0.629. The molecule has 0 spiro atoms. The van der Waals surface area contributed by atoms with Gasteiger partial charge in [0.05, 0.1) is 34.3 Å². The molecule has 4 nitrogen and oxygen atoms in total. The molecule has 0 fully saturated rings. The van der Waals surface area contributed by atoms with Crippen molar-refractivity contribution in [1.82, 2.24) is 4.98 Å². The van der Waals surface area contributed by atoms with Crippen molar-refractivity contribution in [3.8, 4) is 5.88 Å². The summed E-state index contributed by atoms with van der Waals surface area (Å²) in [6, 6.07) is 5.49. The van der Waals surface area contributed by atoms with Crippen LogP contribution in [0.5, 0.6) is 5.88 Å². The molecule has 2 aromatic rings. The number of rotatable bonds is 5. The van der Waals surface area contributed by atoms with Crippen LogP contribution in [0.4, 0.5) is 10.8 Å². The Balaban J connectivity index is 2.16. The Bertz CT molecular complexity index is 601. The number of nitrogens with one attached hydrogen (secondary N) is 1. The standard InChI is InChI=1S/C13H15Cl2N3OS/c1-18(2)13-17-12(19-3)10(20-13)7-16-9-6-4-5-8(14)11(9)15/h4-6,16H,7H2,1-3H3. The second-order valence-corrected chi connectivity index (χ2v) is 6.13. The van der Waals surface area contributed by atoms with Gasteiger partial charge in [-0.05, 0) is 12.1 Å². The lowest BCUT2D eigenvalue weighted by molar-refractivity contribution is 0.397. The van der Waals surface area contributed by atoms with Crippen molar-refractivity contribution in [3.05, 3.63) is 33.1 Å². The predicted octanol–water partition coefficient (Wildman–Crippen LogP) is 4.14. The third-order valence-electron chi connectivity index (χ3n) is 2.62. The molecule has 0 bridgehead atoms. The molecule has 20 heavy (non-hydrogen) atoms. The zero-order valence-corrected chi connectivity index (χ0v) is 13.7. The van der Waals surface area contributed by atoms with Gasteiger partial charge in [-0.2, -0.15) is 4.98 Å². The van der Waals surface area contributed by atoms with Crippen LogP contribution < -0.4 is 15.0 Å². The Morgan fingerprint density at radius 1 is 1.35 bits per heavy atom. The molecule has 0 amide bonds. The fourth-order valence-corrected chi connectivity index (χ4v) is 2.86. The van der Waals surface area contributed by atoms with Gasteiger partial charge in [0.2, 0.25) is 5.88 Å². The van der Waals surface area contributed by atoms with Gasteiger partial charge in [-0.1, -0.05) is 40.6 Å². The molecular weight excluding hydrogens is 317 g/mol. The van der Waals surface area contributed by atoms with Crippen molar-refractivity contribution >= 4 is 45.4 Å². The number of thiazole rings is 1. The Morgan fingerprint density at radius 3 is 2.75 bits per heavy atom. The van der Waals surface area contributed by atoms with E-state index in [1.165, 1.54) is 0 Å². The van der Waals surface area contributed by atoms with E-state index in [0.29, 0.717) is 22.5 Å². The molecule has 7 heteroatoms. The normalized spacial score (nSPS) is 10.4. The van der Waals surface area contributed by atoms with Crippen molar-refractivity contribution < 1.29 is 4.74 Å². The first-order valence-electron chi connectivity index (χ1n) is 5.91. The molecule has 0 unspecified atom stereocenters. The SMILES string of the molecule is COc1nc(N(C)C)sc1CNc1cccc(Cl)c1Cl. The molecule has 0 radical (unpaired) electrons. The van der Waals surface area contributed by atoms with Gasteiger partial charge < -0.3 is 15.0 Å². The maximum absolute atomic E-state index is 6.14. The van der Waals surface area contributed by atoms with E-state index in [-0.39, 0.29) is 0 Å². The second-order valence-electron chi connectivity index (χ2n) is 4.28. The Hall–Kier alpha value is -1.17. The van der Waals surface area contributed by atoms with Crippen LogP contribution in [0.15, 0.2) is 18.2 Å². The van der Waals surface area contributed by atoms with Gasteiger partial charge in [-0.15, -0.1) is 0 Å². The summed E-state index contributed by atoms with van der Waals surface area (Å²) in [4.78, 5) is 7.36. The zero-order chi connectivity index (χ0) is 14.7. The summed E-state index contributed by atoms with van der Waals surface area (Å²) < 4.78 is 5.29. The molecule has 0 saturated heterocycles. The van der Waals surface area contributed by atoms with Gasteiger partial charge in [0, 0.05) is 14.1 Å². The maximum atomic E-state index is 6.14. The van der Waals surface area contributed by atoms with Gasteiger partial charge in [0.1, 0.15) is 0 Å². The molecule has 0 saturated carbocycles. The maximum Gasteiger partial charge on any atom is 0.231 e. The van der Waals surface area contributed by atoms with Crippen LogP contribution in [-0.2, 0) is 6.54 Å². The summed E-state index contributed by atoms with van der Waals surface area (Å²) in [6.45, 7) is 0.578. The molecule has 108 valence electrons. The van der Waals surface area contributed by atoms with Crippen molar-refractivity contribution in [2.75, 3.05) is 31.4 Å². The highest BCUT2D eigenvalue weighted by atomic mass is 35.5. The number of ether oxygens (including phenoxy) is 1. The van der Waals surface area contributed by atoms with E-state index in [2.05, 4.69) is 10.3 Å². The van der Waals surface area contributed by atoms with Crippen molar-refractivity contribution in [2.24, 2.45) is 0 Å². The topological polar surface area (TPSA) is 37.4 Å². The summed E-state index contributed by atoms with van der Waals surface area (Å²) in [7, 11) is 5.51. The van der Waals surface area contributed by atoms with Gasteiger partial charge in [0.15, 0.2) is 5.13 Å². The largest absolute Gasteiger partial charge is 0.480 e. The van der Waals surface area contributed by atoms with Crippen LogP contribution in [0.1, 0.15) is 4.88 Å². The van der Waals surface area contributed by atoms with Gasteiger partial charge in [-0.3, -0.25) is 0 Å². The molecular formula is C13H15Cl2N3OS. The lowest BCUT2D eigenvalue weighted by atomic mass is 10.3. The molecule has 1 aromatic carbocycles. The highest BCUT2D eigenvalue weighted by Gasteiger charge is 2.13. The minimum atomic E-state index is 0.519. The second kappa shape index (κ2) is 6.52. The number of hydrogen-bond donors (Lipinski definition) is 1. The number of nitrogens with zero attached hydrogens (tertiary/aromatic N) is 2. The van der Waals surface area contributed by atoms with Crippen LogP contribution in [0.3, 0.4) is 0 Å². The van der Waals surface area contributed by atoms with Crippen LogP contribution in [0, 0.1) is 0 Å². The highest BCUT2D eigenvalue weighted by molar-refractivity contribution is 7.15. The average molecular weight is 332 g/mol. The van der Waals surface area contributed by atoms with E-state index in [9.17, 15) is 0 Å².